The molecule has 2 N–H and O–H groups in total. The maximum Gasteiger partial charge on any atom is 0.248 e. The number of nitrogens with two attached hydrogens (primary N) is 1. The molecule has 3 aromatic rings. The molecule has 0 radical (unpaired) electrons. The van der Waals surface area contributed by atoms with Crippen molar-refractivity contribution >= 4 is 28.4 Å². The van der Waals surface area contributed by atoms with Gasteiger partial charge in [-0.3, -0.25) is 14.3 Å². The molecule has 2 amide bonds. The van der Waals surface area contributed by atoms with E-state index in [4.69, 9.17) is 5.73 Å². The van der Waals surface area contributed by atoms with Crippen molar-refractivity contribution in [3.8, 4) is 0 Å². The molecule has 1 aliphatic carbocycles. The van der Waals surface area contributed by atoms with Gasteiger partial charge < -0.3 is 10.6 Å². The molecule has 178 valence electrons. The Kier molecular flexibility index (Phi) is 5.62. The minimum Gasteiger partial charge on any atom is -0.369 e. The second kappa shape index (κ2) is 8.49. The third-order valence-electron chi connectivity index (χ3n) is 7.48. The molecular formula is C26H28F2N4O2. The van der Waals surface area contributed by atoms with Gasteiger partial charge in [-0.1, -0.05) is 37.3 Å². The zero-order valence-electron chi connectivity index (χ0n) is 19.0. The summed E-state index contributed by atoms with van der Waals surface area (Å²) in [5.74, 6) is -3.78. The van der Waals surface area contributed by atoms with Crippen LogP contribution in [0.5, 0.6) is 0 Å². The number of alkyl halides is 2. The summed E-state index contributed by atoms with van der Waals surface area (Å²) in [7, 11) is 0. The van der Waals surface area contributed by atoms with E-state index in [0.29, 0.717) is 12.8 Å². The molecule has 2 aromatic carbocycles. The lowest BCUT2D eigenvalue weighted by Crippen LogP contribution is -2.33. The first-order valence-electron chi connectivity index (χ1n) is 11.8. The number of halogens is 2. The van der Waals surface area contributed by atoms with Gasteiger partial charge in [0.05, 0.1) is 23.8 Å². The number of fused-ring (bicyclic) bond motifs is 1. The zero-order chi connectivity index (χ0) is 24.0. The molecule has 0 bridgehead atoms. The van der Waals surface area contributed by atoms with E-state index in [1.807, 2.05) is 53.2 Å². The molecule has 2 heterocycles. The Morgan fingerprint density at radius 1 is 1.15 bits per heavy atom. The van der Waals surface area contributed by atoms with Crippen LogP contribution in [-0.4, -0.2) is 27.5 Å². The first kappa shape index (κ1) is 22.5. The van der Waals surface area contributed by atoms with E-state index in [2.05, 4.69) is 5.10 Å². The summed E-state index contributed by atoms with van der Waals surface area (Å²) in [6, 6.07) is 15.0. The Balaban J connectivity index is 1.50. The summed E-state index contributed by atoms with van der Waals surface area (Å²) in [6.07, 6.45) is 2.48. The summed E-state index contributed by atoms with van der Waals surface area (Å²) < 4.78 is 29.1. The van der Waals surface area contributed by atoms with Gasteiger partial charge in [-0.2, -0.15) is 5.10 Å². The van der Waals surface area contributed by atoms with Crippen LogP contribution in [0.4, 0.5) is 14.5 Å². The van der Waals surface area contributed by atoms with Crippen molar-refractivity contribution in [3.63, 3.8) is 0 Å². The summed E-state index contributed by atoms with van der Waals surface area (Å²) >= 11 is 0. The summed E-state index contributed by atoms with van der Waals surface area (Å²) in [5.41, 5.74) is 8.16. The number of hydrogen-bond acceptors (Lipinski definition) is 3. The predicted molar refractivity (Wildman–Crippen MR) is 125 cm³/mol. The molecule has 3 atom stereocenters. The quantitative estimate of drug-likeness (QED) is 0.574. The highest BCUT2D eigenvalue weighted by Crippen LogP contribution is 2.45. The van der Waals surface area contributed by atoms with E-state index in [1.54, 1.807) is 18.0 Å². The van der Waals surface area contributed by atoms with Gasteiger partial charge in [0.1, 0.15) is 0 Å². The zero-order valence-corrected chi connectivity index (χ0v) is 19.0. The molecule has 34 heavy (non-hydrogen) atoms. The molecule has 3 unspecified atom stereocenters. The Labute approximate surface area is 196 Å². The maximum atomic E-state index is 13.6. The number of primary amides is 1. The Morgan fingerprint density at radius 2 is 1.85 bits per heavy atom. The number of carbonyl (C=O) groups is 2. The molecule has 1 aliphatic heterocycles. The van der Waals surface area contributed by atoms with E-state index in [9.17, 15) is 18.4 Å². The standard InChI is InChI=1S/C26H28F2N4O2/c1-16(25(29)34)21-14-23(33)31(24(21)17-5-3-2-4-6-17)20-7-8-22-18(13-20)15-30-32(22)19-9-11-26(27,28)12-10-19/h2-8,13,15-16,19,21,24H,9-12,14H2,1H3,(H2,29,34). The van der Waals surface area contributed by atoms with E-state index in [1.165, 1.54) is 0 Å². The van der Waals surface area contributed by atoms with Gasteiger partial charge in [0.2, 0.25) is 17.7 Å². The van der Waals surface area contributed by atoms with Crippen LogP contribution < -0.4 is 10.6 Å². The number of nitrogens with zero attached hydrogens (tertiary/aromatic N) is 3. The van der Waals surface area contributed by atoms with Crippen molar-refractivity contribution in [3.05, 3.63) is 60.3 Å². The van der Waals surface area contributed by atoms with Crippen molar-refractivity contribution in [1.29, 1.82) is 0 Å². The molecule has 2 aliphatic rings. The maximum absolute atomic E-state index is 13.6. The van der Waals surface area contributed by atoms with Crippen LogP contribution in [0, 0.1) is 11.8 Å². The van der Waals surface area contributed by atoms with Crippen LogP contribution in [0.25, 0.3) is 10.9 Å². The predicted octanol–water partition coefficient (Wildman–Crippen LogP) is 5.00. The van der Waals surface area contributed by atoms with Gasteiger partial charge in [0.15, 0.2) is 0 Å². The number of hydrogen-bond donors (Lipinski definition) is 1. The number of aromatic nitrogens is 2. The van der Waals surface area contributed by atoms with E-state index >= 15 is 0 Å². The van der Waals surface area contributed by atoms with Crippen LogP contribution in [0.15, 0.2) is 54.7 Å². The van der Waals surface area contributed by atoms with Gasteiger partial charge in [0, 0.05) is 42.2 Å². The Morgan fingerprint density at radius 3 is 2.53 bits per heavy atom. The van der Waals surface area contributed by atoms with Crippen LogP contribution in [0.1, 0.15) is 56.7 Å². The monoisotopic (exact) mass is 466 g/mol. The molecule has 0 spiro atoms. The average molecular weight is 467 g/mol. The molecule has 6 nitrogen and oxygen atoms in total. The number of carbonyl (C=O) groups excluding carboxylic acids is 2. The second-order valence-corrected chi connectivity index (χ2v) is 9.60. The molecule has 1 saturated heterocycles. The largest absolute Gasteiger partial charge is 0.369 e. The molecule has 1 aromatic heterocycles. The minimum absolute atomic E-state index is 0.0609. The number of benzene rings is 2. The fourth-order valence-corrected chi connectivity index (χ4v) is 5.52. The summed E-state index contributed by atoms with van der Waals surface area (Å²) in [5, 5.41) is 5.35. The third kappa shape index (κ3) is 3.95. The molecule has 2 fully saturated rings. The number of rotatable bonds is 5. The van der Waals surface area contributed by atoms with Crippen molar-refractivity contribution in [2.24, 2.45) is 17.6 Å². The summed E-state index contributed by atoms with van der Waals surface area (Å²) in [6.45, 7) is 1.78. The third-order valence-corrected chi connectivity index (χ3v) is 7.48. The van der Waals surface area contributed by atoms with Gasteiger partial charge in [-0.15, -0.1) is 0 Å². The van der Waals surface area contributed by atoms with Crippen LogP contribution in [0.3, 0.4) is 0 Å². The topological polar surface area (TPSA) is 81.2 Å². The van der Waals surface area contributed by atoms with Crippen LogP contribution in [0.2, 0.25) is 0 Å². The normalized spacial score (nSPS) is 24.0. The molecule has 1 saturated carbocycles. The van der Waals surface area contributed by atoms with E-state index in [0.717, 1.165) is 22.2 Å². The lowest BCUT2D eigenvalue weighted by atomic mass is 9.83. The Hall–Kier alpha value is -3.29. The van der Waals surface area contributed by atoms with Crippen molar-refractivity contribution < 1.29 is 18.4 Å². The first-order chi connectivity index (χ1) is 16.2. The average Bonchev–Trinajstić information content (AvgIpc) is 3.39. The summed E-state index contributed by atoms with van der Waals surface area (Å²) in [4.78, 5) is 27.0. The first-order valence-corrected chi connectivity index (χ1v) is 11.8. The van der Waals surface area contributed by atoms with Gasteiger partial charge in [-0.25, -0.2) is 8.78 Å². The number of amides is 2. The van der Waals surface area contributed by atoms with Crippen molar-refractivity contribution in [1.82, 2.24) is 9.78 Å². The molecule has 5 rings (SSSR count). The highest BCUT2D eigenvalue weighted by Gasteiger charge is 2.45. The lowest BCUT2D eigenvalue weighted by molar-refractivity contribution is -0.123. The SMILES string of the molecule is CC(C(N)=O)C1CC(=O)N(c2ccc3c(cnn3C3CCC(F)(F)CC3)c2)C1c1ccccc1. The molecular weight excluding hydrogens is 438 g/mol. The van der Waals surface area contributed by atoms with Crippen molar-refractivity contribution in [2.75, 3.05) is 4.90 Å². The molecule has 8 heteroatoms. The Bertz CT molecular complexity index is 1220. The van der Waals surface area contributed by atoms with Gasteiger partial charge >= 0.3 is 0 Å². The van der Waals surface area contributed by atoms with Gasteiger partial charge in [-0.05, 0) is 36.6 Å². The van der Waals surface area contributed by atoms with Crippen LogP contribution >= 0.6 is 0 Å². The smallest absolute Gasteiger partial charge is 0.248 e. The van der Waals surface area contributed by atoms with Crippen LogP contribution in [-0.2, 0) is 9.59 Å². The fraction of sp³-hybridized carbons (Fsp3) is 0.423. The van der Waals surface area contributed by atoms with E-state index < -0.39 is 17.7 Å². The number of anilines is 1. The fourth-order valence-electron chi connectivity index (χ4n) is 5.52. The highest BCUT2D eigenvalue weighted by molar-refractivity contribution is 5.99. The van der Waals surface area contributed by atoms with Crippen molar-refractivity contribution in [2.45, 2.75) is 57.0 Å². The van der Waals surface area contributed by atoms with Gasteiger partial charge in [0.25, 0.3) is 0 Å². The highest BCUT2D eigenvalue weighted by atomic mass is 19.3. The van der Waals surface area contributed by atoms with E-state index in [-0.39, 0.29) is 43.2 Å². The minimum atomic E-state index is -2.59. The lowest BCUT2D eigenvalue weighted by Gasteiger charge is -2.31. The second-order valence-electron chi connectivity index (χ2n) is 9.60.